The van der Waals surface area contributed by atoms with Crippen molar-refractivity contribution < 1.29 is 18.3 Å². The Balaban J connectivity index is 1.65. The van der Waals surface area contributed by atoms with Crippen LogP contribution < -0.4 is 11.1 Å². The molecular formula is C19H21F3N6O. The summed E-state index contributed by atoms with van der Waals surface area (Å²) in [7, 11) is 1.84. The van der Waals surface area contributed by atoms with Crippen LogP contribution in [0.2, 0.25) is 0 Å². The van der Waals surface area contributed by atoms with Gasteiger partial charge in [-0.05, 0) is 37.8 Å². The van der Waals surface area contributed by atoms with Gasteiger partial charge in [0.2, 0.25) is 0 Å². The van der Waals surface area contributed by atoms with Crippen LogP contribution in [0.4, 0.5) is 24.8 Å². The lowest BCUT2D eigenvalue weighted by Gasteiger charge is -2.15. The average Bonchev–Trinajstić information content (AvgIpc) is 3.38. The highest BCUT2D eigenvalue weighted by Crippen LogP contribution is 2.51. The minimum absolute atomic E-state index is 0.0914. The monoisotopic (exact) mass is 406 g/mol. The molecule has 0 amide bonds. The fourth-order valence-corrected chi connectivity index (χ4v) is 3.72. The van der Waals surface area contributed by atoms with Gasteiger partial charge in [0, 0.05) is 35.8 Å². The second-order valence-electron chi connectivity index (χ2n) is 7.49. The standard InChI is InChI=1S/C19H21F3N6O/c1-8-16(9(2)28(3)27-8)14-4-10-5-15(24-7-12(10)17(23)25-14)26-18(29)11-6-13(11)19(20,21)22/h4-5,7,11,13,18,29H,6H2,1-3H3,(H2,23,25)(H,24,26). The molecule has 0 aliphatic heterocycles. The summed E-state index contributed by atoms with van der Waals surface area (Å²) in [5, 5.41) is 18.5. The maximum Gasteiger partial charge on any atom is 0.392 e. The van der Waals surface area contributed by atoms with Gasteiger partial charge in [-0.25, -0.2) is 9.97 Å². The number of nitrogens with zero attached hydrogens (tertiary/aromatic N) is 4. The number of rotatable bonds is 4. The first-order valence-electron chi connectivity index (χ1n) is 9.14. The molecule has 0 spiro atoms. The Kier molecular flexibility index (Phi) is 4.41. The molecule has 3 atom stereocenters. The molecule has 7 nitrogen and oxygen atoms in total. The Labute approximate surface area is 164 Å². The van der Waals surface area contributed by atoms with Gasteiger partial charge in [-0.15, -0.1) is 0 Å². The fourth-order valence-electron chi connectivity index (χ4n) is 3.72. The lowest BCUT2D eigenvalue weighted by molar-refractivity contribution is -0.153. The van der Waals surface area contributed by atoms with Gasteiger partial charge in [-0.1, -0.05) is 0 Å². The number of halogens is 3. The zero-order valence-corrected chi connectivity index (χ0v) is 16.1. The van der Waals surface area contributed by atoms with E-state index in [9.17, 15) is 18.3 Å². The maximum absolute atomic E-state index is 12.7. The van der Waals surface area contributed by atoms with Crippen molar-refractivity contribution in [3.05, 3.63) is 29.7 Å². The number of aromatic nitrogens is 4. The molecule has 1 aliphatic carbocycles. The lowest BCUT2D eigenvalue weighted by atomic mass is 10.1. The van der Waals surface area contributed by atoms with E-state index >= 15 is 0 Å². The number of aliphatic hydroxyl groups is 1. The van der Waals surface area contributed by atoms with Crippen LogP contribution in [-0.4, -0.2) is 37.3 Å². The number of nitrogens with two attached hydrogens (primary N) is 1. The van der Waals surface area contributed by atoms with Crippen molar-refractivity contribution in [2.75, 3.05) is 11.1 Å². The van der Waals surface area contributed by atoms with Crippen LogP contribution in [0.25, 0.3) is 22.0 Å². The van der Waals surface area contributed by atoms with E-state index in [1.54, 1.807) is 10.7 Å². The van der Waals surface area contributed by atoms with Gasteiger partial charge in [0.1, 0.15) is 17.9 Å². The summed E-state index contributed by atoms with van der Waals surface area (Å²) < 4.78 is 40.0. The first-order chi connectivity index (χ1) is 13.6. The van der Waals surface area contributed by atoms with Crippen molar-refractivity contribution in [1.29, 1.82) is 0 Å². The Hall–Kier alpha value is -2.88. The number of hydrogen-bond donors (Lipinski definition) is 3. The third kappa shape index (κ3) is 3.48. The summed E-state index contributed by atoms with van der Waals surface area (Å²) in [5.41, 5.74) is 9.37. The predicted molar refractivity (Wildman–Crippen MR) is 103 cm³/mol. The number of fused-ring (bicyclic) bond motifs is 1. The topological polar surface area (TPSA) is 102 Å². The predicted octanol–water partition coefficient (Wildman–Crippen LogP) is 3.16. The lowest BCUT2D eigenvalue weighted by Crippen LogP contribution is -2.25. The Morgan fingerprint density at radius 2 is 2.03 bits per heavy atom. The van der Waals surface area contributed by atoms with Gasteiger partial charge < -0.3 is 16.2 Å². The molecule has 29 heavy (non-hydrogen) atoms. The molecule has 1 fully saturated rings. The molecule has 4 N–H and O–H groups in total. The maximum atomic E-state index is 12.7. The number of anilines is 2. The quantitative estimate of drug-likeness (QED) is 0.576. The zero-order chi connectivity index (χ0) is 21.1. The molecule has 0 saturated heterocycles. The molecule has 0 aromatic carbocycles. The van der Waals surface area contributed by atoms with Crippen LogP contribution in [0.3, 0.4) is 0 Å². The molecule has 10 heteroatoms. The first-order valence-corrected chi connectivity index (χ1v) is 9.14. The minimum Gasteiger partial charge on any atom is -0.383 e. The van der Waals surface area contributed by atoms with Crippen LogP contribution in [0.15, 0.2) is 18.3 Å². The van der Waals surface area contributed by atoms with Gasteiger partial charge in [0.05, 0.1) is 17.3 Å². The molecule has 1 aliphatic rings. The van der Waals surface area contributed by atoms with E-state index in [4.69, 9.17) is 5.73 Å². The Morgan fingerprint density at radius 3 is 2.62 bits per heavy atom. The van der Waals surface area contributed by atoms with Crippen molar-refractivity contribution >= 4 is 22.4 Å². The molecule has 3 unspecified atom stereocenters. The highest BCUT2D eigenvalue weighted by molar-refractivity contribution is 5.94. The molecule has 1 saturated carbocycles. The van der Waals surface area contributed by atoms with Crippen molar-refractivity contribution in [1.82, 2.24) is 19.7 Å². The number of nitrogen functional groups attached to an aromatic ring is 1. The smallest absolute Gasteiger partial charge is 0.383 e. The van der Waals surface area contributed by atoms with Gasteiger partial charge in [0.25, 0.3) is 0 Å². The van der Waals surface area contributed by atoms with E-state index in [0.29, 0.717) is 22.3 Å². The van der Waals surface area contributed by atoms with E-state index in [1.807, 2.05) is 27.0 Å². The Morgan fingerprint density at radius 1 is 1.31 bits per heavy atom. The fraction of sp³-hybridized carbons (Fsp3) is 0.421. The van der Waals surface area contributed by atoms with Crippen LogP contribution in [0, 0.1) is 25.7 Å². The van der Waals surface area contributed by atoms with E-state index in [0.717, 1.165) is 17.0 Å². The van der Waals surface area contributed by atoms with Crippen LogP contribution in [0.5, 0.6) is 0 Å². The molecule has 0 radical (unpaired) electrons. The number of alkyl halides is 3. The first kappa shape index (κ1) is 19.4. The number of nitrogens with one attached hydrogen (secondary N) is 1. The highest BCUT2D eigenvalue weighted by Gasteiger charge is 2.58. The molecule has 0 bridgehead atoms. The normalized spacial score (nSPS) is 20.1. The van der Waals surface area contributed by atoms with Crippen LogP contribution in [0.1, 0.15) is 17.8 Å². The number of aliphatic hydroxyl groups excluding tert-OH is 1. The van der Waals surface area contributed by atoms with E-state index in [2.05, 4.69) is 20.4 Å². The number of pyridine rings is 2. The number of aryl methyl sites for hydroxylation is 2. The van der Waals surface area contributed by atoms with Gasteiger partial charge in [-0.3, -0.25) is 4.68 Å². The van der Waals surface area contributed by atoms with Crippen molar-refractivity contribution in [2.45, 2.75) is 32.7 Å². The molecule has 154 valence electrons. The van der Waals surface area contributed by atoms with Crippen LogP contribution >= 0.6 is 0 Å². The summed E-state index contributed by atoms with van der Waals surface area (Å²) in [5.74, 6) is -1.78. The summed E-state index contributed by atoms with van der Waals surface area (Å²) in [6.45, 7) is 3.81. The third-order valence-corrected chi connectivity index (χ3v) is 5.47. The highest BCUT2D eigenvalue weighted by atomic mass is 19.4. The third-order valence-electron chi connectivity index (χ3n) is 5.47. The van der Waals surface area contributed by atoms with E-state index in [-0.39, 0.29) is 12.2 Å². The molecule has 3 aromatic heterocycles. The average molecular weight is 406 g/mol. The molecular weight excluding hydrogens is 385 g/mol. The van der Waals surface area contributed by atoms with Gasteiger partial charge >= 0.3 is 6.18 Å². The second kappa shape index (κ2) is 6.58. The second-order valence-corrected chi connectivity index (χ2v) is 7.49. The summed E-state index contributed by atoms with van der Waals surface area (Å²) in [6, 6.07) is 3.48. The van der Waals surface area contributed by atoms with Crippen molar-refractivity contribution in [3.63, 3.8) is 0 Å². The summed E-state index contributed by atoms with van der Waals surface area (Å²) in [6.07, 6.45) is -4.22. The van der Waals surface area contributed by atoms with Crippen molar-refractivity contribution in [2.24, 2.45) is 18.9 Å². The van der Waals surface area contributed by atoms with E-state index in [1.165, 1.54) is 6.20 Å². The summed E-state index contributed by atoms with van der Waals surface area (Å²) in [4.78, 5) is 8.62. The SMILES string of the molecule is Cc1nn(C)c(C)c1-c1cc2cc(NC(O)C3CC3C(F)(F)F)ncc2c(N)n1. The molecule has 4 rings (SSSR count). The van der Waals surface area contributed by atoms with Crippen LogP contribution in [-0.2, 0) is 7.05 Å². The van der Waals surface area contributed by atoms with Crippen molar-refractivity contribution in [3.8, 4) is 11.3 Å². The minimum atomic E-state index is -4.29. The zero-order valence-electron chi connectivity index (χ0n) is 16.1. The molecule has 3 heterocycles. The van der Waals surface area contributed by atoms with Gasteiger partial charge in [0.15, 0.2) is 0 Å². The largest absolute Gasteiger partial charge is 0.392 e. The van der Waals surface area contributed by atoms with Gasteiger partial charge in [-0.2, -0.15) is 18.3 Å². The molecule has 3 aromatic rings. The summed E-state index contributed by atoms with van der Waals surface area (Å²) >= 11 is 0. The Bertz CT molecular complexity index is 1090. The van der Waals surface area contributed by atoms with E-state index < -0.39 is 24.2 Å². The number of hydrogen-bond acceptors (Lipinski definition) is 6.